The lowest BCUT2D eigenvalue weighted by Crippen LogP contribution is -2.38. The maximum Gasteiger partial charge on any atom is 0.422 e. The molecule has 4 N–H and O–H groups in total. The highest BCUT2D eigenvalue weighted by Gasteiger charge is 2.45. The summed E-state index contributed by atoms with van der Waals surface area (Å²) in [5, 5.41) is 11.6. The van der Waals surface area contributed by atoms with Crippen molar-refractivity contribution in [1.29, 1.82) is 0 Å². The fourth-order valence-corrected chi connectivity index (χ4v) is 3.96. The van der Waals surface area contributed by atoms with Gasteiger partial charge in [-0.15, -0.1) is 12.8 Å². The van der Waals surface area contributed by atoms with Gasteiger partial charge in [-0.1, -0.05) is 23.7 Å². The minimum atomic E-state index is -4.60. The first-order chi connectivity index (χ1) is 23.4. The van der Waals surface area contributed by atoms with Crippen molar-refractivity contribution in [3.05, 3.63) is 64.7 Å². The number of methoxy groups -OCH3 is 1. The monoisotopic (exact) mass is 707 g/mol. The number of carbonyl (C=O) groups is 4. The van der Waals surface area contributed by atoms with E-state index in [0.29, 0.717) is 17.2 Å². The van der Waals surface area contributed by atoms with Crippen LogP contribution < -0.4 is 26.0 Å². The van der Waals surface area contributed by atoms with Crippen molar-refractivity contribution < 1.29 is 46.6 Å². The molecule has 4 rings (SSSR count). The molecule has 1 aliphatic rings. The first-order valence-electron chi connectivity index (χ1n) is 14.3. The quantitative estimate of drug-likeness (QED) is 0.0665. The number of nitrogens with zero attached hydrogens (tertiary/aromatic N) is 3. The van der Waals surface area contributed by atoms with Gasteiger partial charge in [0.25, 0.3) is 12.4 Å². The third kappa shape index (κ3) is 13.6. The van der Waals surface area contributed by atoms with Crippen LogP contribution in [0.15, 0.2) is 48.5 Å². The zero-order valence-electron chi connectivity index (χ0n) is 26.3. The largest absolute Gasteiger partial charge is 0.471 e. The fraction of sp³-hybridized carbons (Fsp3) is 0.323. The molecule has 49 heavy (non-hydrogen) atoms. The number of hydrogen-bond donors (Lipinski definition) is 4. The van der Waals surface area contributed by atoms with E-state index in [0.717, 1.165) is 18.4 Å². The van der Waals surface area contributed by atoms with Gasteiger partial charge in [0.2, 0.25) is 11.9 Å². The third-order valence-corrected chi connectivity index (χ3v) is 6.39. The van der Waals surface area contributed by atoms with Crippen LogP contribution in [-0.2, 0) is 29.4 Å². The van der Waals surface area contributed by atoms with Gasteiger partial charge in [-0.2, -0.15) is 28.1 Å². The molecule has 0 aliphatic heterocycles. The minimum absolute atomic E-state index is 0.00756. The third-order valence-electron chi connectivity index (χ3n) is 6.13. The summed E-state index contributed by atoms with van der Waals surface area (Å²) in [7, 11) is 1.31. The standard InChI is InChI=1S/C27H27ClF3N7O5.C2H4O2.C2H2/c1-2-42-22(41)21(40)33-14-13-32-20(39)16-3-9-19(10-4-16)34-23-35-24(37-25(36-23)43-15-27(29,30)31)38-26(11-12-26)17-5-7-18(28)8-6-17;1-4-2-3;1-2/h3-10H,2,11-15H2,1H3,(H,32,39)(H,33,40)(H2,34,35,36,37,38);2H,1H3;1-2H. The van der Waals surface area contributed by atoms with Gasteiger partial charge in [0.1, 0.15) is 0 Å². The number of rotatable bonds is 13. The van der Waals surface area contributed by atoms with Crippen LogP contribution in [0.25, 0.3) is 0 Å². The Bertz CT molecular complexity index is 1570. The molecule has 1 heterocycles. The molecule has 2 amide bonds. The van der Waals surface area contributed by atoms with Crippen molar-refractivity contribution in [2.45, 2.75) is 31.5 Å². The molecule has 0 bridgehead atoms. The Morgan fingerprint density at radius 1 is 0.959 bits per heavy atom. The van der Waals surface area contributed by atoms with E-state index in [1.807, 2.05) is 12.1 Å². The van der Waals surface area contributed by atoms with Crippen LogP contribution in [0.5, 0.6) is 6.01 Å². The number of halogens is 4. The van der Waals surface area contributed by atoms with Gasteiger partial charge in [0.05, 0.1) is 19.3 Å². The first-order valence-corrected chi connectivity index (χ1v) is 14.7. The SMILES string of the molecule is C#C.CCOC(=O)C(=O)NCCNC(=O)c1ccc(Nc2nc(NC3(c4ccc(Cl)cc4)CC3)nc(OCC(F)(F)F)n2)cc1.COC=O. The number of ether oxygens (including phenoxy) is 3. The Kier molecular flexibility index (Phi) is 15.5. The Hall–Kier alpha value is -5.63. The van der Waals surface area contributed by atoms with Gasteiger partial charge < -0.3 is 35.5 Å². The number of carbonyl (C=O) groups excluding carboxylic acids is 4. The van der Waals surface area contributed by atoms with E-state index in [1.54, 1.807) is 31.2 Å². The fourth-order valence-electron chi connectivity index (χ4n) is 3.83. The van der Waals surface area contributed by atoms with Crippen molar-refractivity contribution in [3.63, 3.8) is 0 Å². The number of aromatic nitrogens is 3. The maximum absolute atomic E-state index is 12.8. The van der Waals surface area contributed by atoms with E-state index in [4.69, 9.17) is 21.1 Å². The van der Waals surface area contributed by atoms with Crippen molar-refractivity contribution in [2.24, 2.45) is 0 Å². The Labute approximate surface area is 284 Å². The molecule has 1 saturated carbocycles. The molecule has 0 saturated heterocycles. The second kappa shape index (κ2) is 19.3. The van der Waals surface area contributed by atoms with Gasteiger partial charge in [-0.3, -0.25) is 14.4 Å². The normalized spacial score (nSPS) is 12.2. The maximum atomic E-state index is 12.8. The lowest BCUT2D eigenvalue weighted by molar-refractivity contribution is -0.154. The number of nitrogens with one attached hydrogen (secondary N) is 4. The summed E-state index contributed by atoms with van der Waals surface area (Å²) in [5.74, 6) is -2.44. The average Bonchev–Trinajstić information content (AvgIpc) is 3.87. The first kappa shape index (κ1) is 39.5. The highest BCUT2D eigenvalue weighted by atomic mass is 35.5. The topological polar surface area (TPSA) is 183 Å². The summed E-state index contributed by atoms with van der Waals surface area (Å²) in [6.45, 7) is 0.494. The van der Waals surface area contributed by atoms with Crippen LogP contribution >= 0.6 is 11.6 Å². The van der Waals surface area contributed by atoms with Gasteiger partial charge in [-0.05, 0) is 61.7 Å². The van der Waals surface area contributed by atoms with E-state index in [2.05, 4.69) is 58.5 Å². The van der Waals surface area contributed by atoms with Crippen LogP contribution in [0.4, 0.5) is 30.8 Å². The van der Waals surface area contributed by atoms with Gasteiger partial charge >= 0.3 is 24.1 Å². The summed E-state index contributed by atoms with van der Waals surface area (Å²) in [6.07, 6.45) is 4.88. The Morgan fingerprint density at radius 2 is 1.55 bits per heavy atom. The van der Waals surface area contributed by atoms with E-state index >= 15 is 0 Å². The number of hydrogen-bond acceptors (Lipinski definition) is 12. The molecular weight excluding hydrogens is 675 g/mol. The van der Waals surface area contributed by atoms with Crippen molar-refractivity contribution in [3.8, 4) is 18.9 Å². The molecule has 3 aromatic rings. The van der Waals surface area contributed by atoms with Gasteiger partial charge in [0, 0.05) is 29.4 Å². The zero-order chi connectivity index (χ0) is 36.5. The van der Waals surface area contributed by atoms with Crippen LogP contribution in [0, 0.1) is 12.8 Å². The molecule has 14 nitrogen and oxygen atoms in total. The molecule has 2 aromatic carbocycles. The molecule has 1 aliphatic carbocycles. The van der Waals surface area contributed by atoms with Crippen LogP contribution in [0.3, 0.4) is 0 Å². The molecule has 1 aromatic heterocycles. The second-order valence-corrected chi connectivity index (χ2v) is 10.1. The highest BCUT2D eigenvalue weighted by molar-refractivity contribution is 6.32. The summed E-state index contributed by atoms with van der Waals surface area (Å²) in [4.78, 5) is 56.5. The van der Waals surface area contributed by atoms with E-state index in [-0.39, 0.29) is 37.2 Å². The predicted molar refractivity (Wildman–Crippen MR) is 172 cm³/mol. The Morgan fingerprint density at radius 3 is 2.10 bits per heavy atom. The van der Waals surface area contributed by atoms with Crippen LogP contribution in [0.2, 0.25) is 5.02 Å². The minimum Gasteiger partial charge on any atom is -0.471 e. The number of amides is 2. The smallest absolute Gasteiger partial charge is 0.422 e. The lowest BCUT2D eigenvalue weighted by atomic mass is 10.1. The number of esters is 1. The second-order valence-electron chi connectivity index (χ2n) is 9.65. The molecular formula is C31H33ClF3N7O7. The molecule has 0 unspecified atom stereocenters. The predicted octanol–water partition coefficient (Wildman–Crippen LogP) is 3.76. The lowest BCUT2D eigenvalue weighted by Gasteiger charge is -2.19. The summed E-state index contributed by atoms with van der Waals surface area (Å²) in [5.41, 5.74) is 1.12. The van der Waals surface area contributed by atoms with E-state index < -0.39 is 42.1 Å². The van der Waals surface area contributed by atoms with Gasteiger partial charge in [-0.25, -0.2) is 4.79 Å². The van der Waals surface area contributed by atoms with Crippen LogP contribution in [0.1, 0.15) is 35.7 Å². The number of alkyl halides is 3. The zero-order valence-corrected chi connectivity index (χ0v) is 27.1. The van der Waals surface area contributed by atoms with E-state index in [9.17, 15) is 27.6 Å². The van der Waals surface area contributed by atoms with Gasteiger partial charge in [0.15, 0.2) is 6.61 Å². The van der Waals surface area contributed by atoms with Crippen molar-refractivity contribution in [1.82, 2.24) is 25.6 Å². The summed E-state index contributed by atoms with van der Waals surface area (Å²) < 4.78 is 51.7. The van der Waals surface area contributed by atoms with Crippen molar-refractivity contribution in [2.75, 3.05) is 44.0 Å². The molecule has 262 valence electrons. The summed E-state index contributed by atoms with van der Waals surface area (Å²) >= 11 is 6.00. The van der Waals surface area contributed by atoms with Crippen LogP contribution in [-0.4, -0.2) is 78.8 Å². The molecule has 1 fully saturated rings. The summed E-state index contributed by atoms with van der Waals surface area (Å²) in [6, 6.07) is 12.7. The van der Waals surface area contributed by atoms with E-state index in [1.165, 1.54) is 19.2 Å². The highest BCUT2D eigenvalue weighted by Crippen LogP contribution is 2.48. The number of anilines is 3. The number of benzene rings is 2. The molecule has 0 radical (unpaired) electrons. The average molecular weight is 708 g/mol. The molecule has 0 atom stereocenters. The molecule has 18 heteroatoms. The number of terminal acetylenes is 1. The Balaban J connectivity index is 0.00000129. The molecule has 0 spiro atoms. The van der Waals surface area contributed by atoms with Crippen molar-refractivity contribution >= 4 is 53.4 Å².